The predicted octanol–water partition coefficient (Wildman–Crippen LogP) is 2.28. The standard InChI is InChI=1S/C10H12O2/c1-6-4-8(7-2-3-7)10(12)5-9(6)11/h4-5,7,11-12H,2-3H2,1H3. The fraction of sp³-hybridized carbons (Fsp3) is 0.400. The minimum absolute atomic E-state index is 0.178. The highest BCUT2D eigenvalue weighted by atomic mass is 16.3. The zero-order chi connectivity index (χ0) is 8.72. The number of aryl methyl sites for hydroxylation is 1. The molecule has 1 aliphatic carbocycles. The van der Waals surface area contributed by atoms with Crippen LogP contribution in [0.3, 0.4) is 0 Å². The normalized spacial score (nSPS) is 16.4. The first-order valence-electron chi connectivity index (χ1n) is 4.21. The Morgan fingerprint density at radius 3 is 2.42 bits per heavy atom. The Kier molecular flexibility index (Phi) is 1.50. The van der Waals surface area contributed by atoms with Gasteiger partial charge in [0.1, 0.15) is 11.5 Å². The summed E-state index contributed by atoms with van der Waals surface area (Å²) in [6.45, 7) is 1.85. The highest BCUT2D eigenvalue weighted by molar-refractivity contribution is 5.47. The molecular formula is C10H12O2. The maximum Gasteiger partial charge on any atom is 0.122 e. The molecule has 0 unspecified atom stereocenters. The molecule has 2 rings (SSSR count). The van der Waals surface area contributed by atoms with E-state index in [-0.39, 0.29) is 11.5 Å². The lowest BCUT2D eigenvalue weighted by Crippen LogP contribution is -1.83. The van der Waals surface area contributed by atoms with Crippen molar-refractivity contribution in [2.75, 3.05) is 0 Å². The molecule has 1 aromatic carbocycles. The van der Waals surface area contributed by atoms with Crippen molar-refractivity contribution in [3.8, 4) is 11.5 Å². The average molecular weight is 164 g/mol. The molecule has 0 aromatic heterocycles. The van der Waals surface area contributed by atoms with Crippen LogP contribution >= 0.6 is 0 Å². The molecule has 0 saturated heterocycles. The van der Waals surface area contributed by atoms with Crippen molar-refractivity contribution in [3.05, 3.63) is 23.3 Å². The molecule has 1 aliphatic rings. The molecule has 1 aromatic rings. The molecule has 2 heteroatoms. The Balaban J connectivity index is 2.47. The topological polar surface area (TPSA) is 40.5 Å². The van der Waals surface area contributed by atoms with E-state index in [9.17, 15) is 10.2 Å². The summed E-state index contributed by atoms with van der Waals surface area (Å²) in [5.74, 6) is 0.946. The number of phenols is 2. The second-order valence-electron chi connectivity index (χ2n) is 3.47. The van der Waals surface area contributed by atoms with Crippen LogP contribution in [0.25, 0.3) is 0 Å². The summed E-state index contributed by atoms with van der Waals surface area (Å²) >= 11 is 0. The lowest BCUT2D eigenvalue weighted by molar-refractivity contribution is 0.443. The molecule has 0 bridgehead atoms. The van der Waals surface area contributed by atoms with Crippen molar-refractivity contribution < 1.29 is 10.2 Å². The van der Waals surface area contributed by atoms with E-state index in [0.717, 1.165) is 24.0 Å². The first kappa shape index (κ1) is 7.47. The number of rotatable bonds is 1. The Morgan fingerprint density at radius 2 is 1.83 bits per heavy atom. The van der Waals surface area contributed by atoms with Gasteiger partial charge in [0.15, 0.2) is 0 Å². The number of hydrogen-bond acceptors (Lipinski definition) is 2. The Morgan fingerprint density at radius 1 is 1.17 bits per heavy atom. The summed E-state index contributed by atoms with van der Waals surface area (Å²) < 4.78 is 0. The van der Waals surface area contributed by atoms with Crippen molar-refractivity contribution in [1.82, 2.24) is 0 Å². The largest absolute Gasteiger partial charge is 0.508 e. The second kappa shape index (κ2) is 2.41. The van der Waals surface area contributed by atoms with Crippen LogP contribution in [0, 0.1) is 6.92 Å². The molecule has 0 amide bonds. The Bertz CT molecular complexity index is 314. The number of benzene rings is 1. The van der Waals surface area contributed by atoms with Crippen LogP contribution in [-0.4, -0.2) is 10.2 Å². The van der Waals surface area contributed by atoms with Crippen LogP contribution in [-0.2, 0) is 0 Å². The van der Waals surface area contributed by atoms with Crippen molar-refractivity contribution >= 4 is 0 Å². The third-order valence-electron chi connectivity index (χ3n) is 2.36. The van der Waals surface area contributed by atoms with Crippen molar-refractivity contribution in [2.24, 2.45) is 0 Å². The maximum absolute atomic E-state index is 9.47. The molecule has 0 atom stereocenters. The number of phenolic OH excluding ortho intramolecular Hbond substituents is 2. The number of aromatic hydroxyl groups is 2. The molecule has 64 valence electrons. The Labute approximate surface area is 71.5 Å². The van der Waals surface area contributed by atoms with E-state index in [1.807, 2.05) is 13.0 Å². The zero-order valence-corrected chi connectivity index (χ0v) is 7.04. The van der Waals surface area contributed by atoms with Crippen LogP contribution in [0.5, 0.6) is 11.5 Å². The number of hydrogen-bond donors (Lipinski definition) is 2. The summed E-state index contributed by atoms with van der Waals surface area (Å²) in [5.41, 5.74) is 1.83. The van der Waals surface area contributed by atoms with E-state index < -0.39 is 0 Å². The van der Waals surface area contributed by atoms with Gasteiger partial charge < -0.3 is 10.2 Å². The fourth-order valence-electron chi connectivity index (χ4n) is 1.43. The van der Waals surface area contributed by atoms with Gasteiger partial charge in [-0.2, -0.15) is 0 Å². The molecule has 2 N–H and O–H groups in total. The van der Waals surface area contributed by atoms with Gasteiger partial charge in [-0.05, 0) is 42.9 Å². The molecule has 0 aliphatic heterocycles. The van der Waals surface area contributed by atoms with E-state index in [1.165, 1.54) is 6.07 Å². The first-order chi connectivity index (χ1) is 5.68. The summed E-state index contributed by atoms with van der Waals surface area (Å²) in [6, 6.07) is 3.31. The quantitative estimate of drug-likeness (QED) is 0.668. The van der Waals surface area contributed by atoms with Gasteiger partial charge in [-0.3, -0.25) is 0 Å². The van der Waals surface area contributed by atoms with Gasteiger partial charge in [-0.1, -0.05) is 0 Å². The van der Waals surface area contributed by atoms with Crippen LogP contribution < -0.4 is 0 Å². The predicted molar refractivity (Wildman–Crippen MR) is 46.5 cm³/mol. The van der Waals surface area contributed by atoms with Crippen LogP contribution in [0.15, 0.2) is 12.1 Å². The van der Waals surface area contributed by atoms with Crippen LogP contribution in [0.1, 0.15) is 29.9 Å². The first-order valence-corrected chi connectivity index (χ1v) is 4.21. The minimum Gasteiger partial charge on any atom is -0.508 e. The van der Waals surface area contributed by atoms with E-state index in [2.05, 4.69) is 0 Å². The van der Waals surface area contributed by atoms with Gasteiger partial charge in [-0.25, -0.2) is 0 Å². The zero-order valence-electron chi connectivity index (χ0n) is 7.04. The fourth-order valence-corrected chi connectivity index (χ4v) is 1.43. The summed E-state index contributed by atoms with van der Waals surface area (Å²) in [6.07, 6.45) is 2.33. The average Bonchev–Trinajstić information content (AvgIpc) is 2.79. The van der Waals surface area contributed by atoms with E-state index >= 15 is 0 Å². The lowest BCUT2D eigenvalue weighted by Gasteiger charge is -2.05. The van der Waals surface area contributed by atoms with E-state index in [0.29, 0.717) is 5.92 Å². The molecular weight excluding hydrogens is 152 g/mol. The second-order valence-corrected chi connectivity index (χ2v) is 3.47. The molecule has 0 spiro atoms. The molecule has 0 heterocycles. The van der Waals surface area contributed by atoms with Gasteiger partial charge in [-0.15, -0.1) is 0 Å². The van der Waals surface area contributed by atoms with Gasteiger partial charge >= 0.3 is 0 Å². The molecule has 2 nitrogen and oxygen atoms in total. The van der Waals surface area contributed by atoms with Crippen molar-refractivity contribution in [2.45, 2.75) is 25.7 Å². The highest BCUT2D eigenvalue weighted by Crippen LogP contribution is 2.45. The van der Waals surface area contributed by atoms with Crippen molar-refractivity contribution in [3.63, 3.8) is 0 Å². The molecule has 1 fully saturated rings. The summed E-state index contributed by atoms with van der Waals surface area (Å²) in [5, 5.41) is 18.7. The third kappa shape index (κ3) is 1.13. The Hall–Kier alpha value is -1.18. The SMILES string of the molecule is Cc1cc(C2CC2)c(O)cc1O. The smallest absolute Gasteiger partial charge is 0.122 e. The summed E-state index contributed by atoms with van der Waals surface area (Å²) in [7, 11) is 0. The van der Waals surface area contributed by atoms with Gasteiger partial charge in [0.25, 0.3) is 0 Å². The summed E-state index contributed by atoms with van der Waals surface area (Å²) in [4.78, 5) is 0. The van der Waals surface area contributed by atoms with Crippen molar-refractivity contribution in [1.29, 1.82) is 0 Å². The molecule has 1 saturated carbocycles. The van der Waals surface area contributed by atoms with E-state index in [1.54, 1.807) is 0 Å². The van der Waals surface area contributed by atoms with E-state index in [4.69, 9.17) is 0 Å². The molecule has 12 heavy (non-hydrogen) atoms. The highest BCUT2D eigenvalue weighted by Gasteiger charge is 2.26. The lowest BCUT2D eigenvalue weighted by atomic mass is 10.1. The van der Waals surface area contributed by atoms with Gasteiger partial charge in [0.05, 0.1) is 0 Å². The molecule has 0 radical (unpaired) electrons. The van der Waals surface area contributed by atoms with Crippen LogP contribution in [0.4, 0.5) is 0 Å². The van der Waals surface area contributed by atoms with Crippen LogP contribution in [0.2, 0.25) is 0 Å². The third-order valence-corrected chi connectivity index (χ3v) is 2.36. The maximum atomic E-state index is 9.47. The van der Waals surface area contributed by atoms with Gasteiger partial charge in [0, 0.05) is 6.07 Å². The van der Waals surface area contributed by atoms with Gasteiger partial charge in [0.2, 0.25) is 0 Å². The minimum atomic E-state index is 0.178. The monoisotopic (exact) mass is 164 g/mol.